The lowest BCUT2D eigenvalue weighted by molar-refractivity contribution is -0.154. The van der Waals surface area contributed by atoms with Crippen molar-refractivity contribution in [2.24, 2.45) is 33.0 Å². The van der Waals surface area contributed by atoms with E-state index < -0.39 is 37.9 Å². The van der Waals surface area contributed by atoms with E-state index in [1.54, 1.807) is 7.11 Å². The van der Waals surface area contributed by atoms with Gasteiger partial charge < -0.3 is 14.2 Å². The first-order chi connectivity index (χ1) is 26.5. The van der Waals surface area contributed by atoms with Crippen molar-refractivity contribution < 1.29 is 27.4 Å². The molecule has 2 aromatic carbocycles. The highest BCUT2D eigenvalue weighted by atomic mass is 35.5. The predicted octanol–water partition coefficient (Wildman–Crippen LogP) is 12.1. The summed E-state index contributed by atoms with van der Waals surface area (Å²) in [6, 6.07) is 12.2. The number of halogens is 2. The van der Waals surface area contributed by atoms with Crippen molar-refractivity contribution in [3.63, 3.8) is 0 Å². The summed E-state index contributed by atoms with van der Waals surface area (Å²) in [6.07, 6.45) is 5.69. The van der Waals surface area contributed by atoms with Crippen molar-refractivity contribution >= 4 is 56.7 Å². The highest BCUT2D eigenvalue weighted by Gasteiger charge is 2.51. The quantitative estimate of drug-likeness (QED) is 0.0722. The van der Waals surface area contributed by atoms with Crippen molar-refractivity contribution in [1.29, 1.82) is 0 Å². The molecule has 1 unspecified atom stereocenters. The summed E-state index contributed by atoms with van der Waals surface area (Å²) >= 11 is 13.2. The predicted molar refractivity (Wildman–Crippen MR) is 248 cm³/mol. The lowest BCUT2D eigenvalue weighted by Gasteiger charge is -2.47. The fourth-order valence-corrected chi connectivity index (χ4v) is 9.35. The van der Waals surface area contributed by atoms with Crippen LogP contribution < -0.4 is 0 Å². The standard InChI is InChI=1S/C29H47ClO5S.C18H28ClNOS/c1-27(2,3)13-12-21-10-11-23(16-24(21)30)29(7,18-36(32)28(4,5)6)25(26(31)34-9)22-14-20(15-22)17-35-19-33-8;1-13(20-22(21)18(5,6)7)15-9-8-14(16(19)12-15)10-11-17(2,3)4/h10-11,16,20,22,25H,12-15,17-19H2,1-9H3;8-9,12H,10-11H2,1-7H3/t20?,22?,25?,29-,36+;22-/m00/s1. The molecule has 1 aliphatic rings. The molecule has 11 heteroatoms. The Balaban J connectivity index is 0.000000451. The Hall–Kier alpha value is -1.62. The molecule has 2 aromatic rings. The monoisotopic (exact) mass is 883 g/mol. The molecule has 58 heavy (non-hydrogen) atoms. The largest absolute Gasteiger partial charge is 0.469 e. The summed E-state index contributed by atoms with van der Waals surface area (Å²) in [6.45, 7) is 29.9. The van der Waals surface area contributed by atoms with Crippen LogP contribution in [0.1, 0.15) is 145 Å². The molecule has 0 aliphatic heterocycles. The number of methoxy groups -OCH3 is 2. The van der Waals surface area contributed by atoms with Gasteiger partial charge in [0.1, 0.15) is 17.8 Å². The summed E-state index contributed by atoms with van der Waals surface area (Å²) in [7, 11) is 0.625. The zero-order valence-electron chi connectivity index (χ0n) is 38.5. The number of carbonyl (C=O) groups excluding carboxylic acids is 1. The number of hydrogen-bond donors (Lipinski definition) is 0. The Kier molecular flexibility index (Phi) is 19.9. The van der Waals surface area contributed by atoms with Crippen molar-refractivity contribution in [2.75, 3.05) is 33.4 Å². The molecular weight excluding hydrogens is 810 g/mol. The average molecular weight is 885 g/mol. The van der Waals surface area contributed by atoms with Gasteiger partial charge in [0.05, 0.1) is 30.1 Å². The van der Waals surface area contributed by atoms with Crippen LogP contribution in [0.2, 0.25) is 10.0 Å². The molecule has 0 amide bonds. The number of benzene rings is 2. The lowest BCUT2D eigenvalue weighted by atomic mass is 9.59. The summed E-state index contributed by atoms with van der Waals surface area (Å²) in [5.41, 5.74) is 4.71. The topological polar surface area (TPSA) is 91.3 Å². The van der Waals surface area contributed by atoms with E-state index in [4.69, 9.17) is 37.4 Å². The van der Waals surface area contributed by atoms with Gasteiger partial charge in [-0.25, -0.2) is 4.21 Å². The molecule has 0 bridgehead atoms. The molecular formula is C47H75Cl2NO6S2. The number of rotatable bonds is 16. The highest BCUT2D eigenvalue weighted by molar-refractivity contribution is 7.86. The molecule has 0 spiro atoms. The molecule has 0 heterocycles. The Labute approximate surface area is 367 Å². The van der Waals surface area contributed by atoms with E-state index in [9.17, 15) is 13.2 Å². The fourth-order valence-electron chi connectivity index (χ4n) is 6.85. The molecule has 0 aromatic heterocycles. The maximum absolute atomic E-state index is 13.5. The Bertz CT molecular complexity index is 1730. The molecule has 3 rings (SSSR count). The maximum atomic E-state index is 13.5. The third-order valence-corrected chi connectivity index (χ3v) is 15.2. The second kappa shape index (κ2) is 21.9. The number of ether oxygens (including phenoxy) is 3. The molecule has 1 aliphatic carbocycles. The number of esters is 1. The molecule has 330 valence electrons. The average Bonchev–Trinajstić information content (AvgIpc) is 3.07. The normalized spacial score (nSPS) is 19.2. The number of hydrogen-bond acceptors (Lipinski definition) is 6. The van der Waals surface area contributed by atoms with Gasteiger partial charge in [0.25, 0.3) is 0 Å². The van der Waals surface area contributed by atoms with Gasteiger partial charge in [-0.15, -0.1) is 0 Å². The van der Waals surface area contributed by atoms with Crippen LogP contribution >= 0.6 is 23.2 Å². The second-order valence-electron chi connectivity index (χ2n) is 20.7. The molecule has 1 fully saturated rings. The first-order valence-electron chi connectivity index (χ1n) is 20.6. The first-order valence-corrected chi connectivity index (χ1v) is 23.8. The molecule has 7 nitrogen and oxygen atoms in total. The minimum Gasteiger partial charge on any atom is -0.469 e. The Morgan fingerprint density at radius 2 is 1.31 bits per heavy atom. The van der Waals surface area contributed by atoms with Gasteiger partial charge in [-0.1, -0.05) is 95.9 Å². The van der Waals surface area contributed by atoms with Gasteiger partial charge in [-0.2, -0.15) is 4.40 Å². The van der Waals surface area contributed by atoms with Crippen LogP contribution in [0.5, 0.6) is 0 Å². The summed E-state index contributed by atoms with van der Waals surface area (Å²) in [4.78, 5) is 13.3. The van der Waals surface area contributed by atoms with E-state index in [1.807, 2.05) is 66.7 Å². The molecule has 1 saturated carbocycles. The maximum Gasteiger partial charge on any atom is 0.309 e. The number of aryl methyl sites for hydroxylation is 2. The van der Waals surface area contributed by atoms with Gasteiger partial charge in [0.15, 0.2) is 0 Å². The van der Waals surface area contributed by atoms with E-state index >= 15 is 0 Å². The number of nitrogens with zero attached hydrogens (tertiary/aromatic N) is 1. The molecule has 4 atom stereocenters. The van der Waals surface area contributed by atoms with Crippen molar-refractivity contribution in [3.8, 4) is 0 Å². The van der Waals surface area contributed by atoms with Crippen LogP contribution in [0, 0.1) is 28.6 Å². The van der Waals surface area contributed by atoms with Gasteiger partial charge in [-0.3, -0.25) is 9.00 Å². The zero-order chi connectivity index (χ0) is 44.4. The highest BCUT2D eigenvalue weighted by Crippen LogP contribution is 2.49. The van der Waals surface area contributed by atoms with E-state index in [1.165, 1.54) is 7.11 Å². The van der Waals surface area contributed by atoms with Gasteiger partial charge >= 0.3 is 5.97 Å². The summed E-state index contributed by atoms with van der Waals surface area (Å²) < 4.78 is 45.0. The third kappa shape index (κ3) is 16.7. The van der Waals surface area contributed by atoms with Crippen LogP contribution in [0.15, 0.2) is 40.8 Å². The van der Waals surface area contributed by atoms with Crippen LogP contribution in [0.4, 0.5) is 0 Å². The number of carbonyl (C=O) groups is 1. The van der Waals surface area contributed by atoms with Crippen LogP contribution in [0.3, 0.4) is 0 Å². The summed E-state index contributed by atoms with van der Waals surface area (Å²) in [5.74, 6) is 0.171. The minimum absolute atomic E-state index is 0.120. The second-order valence-corrected chi connectivity index (χ2v) is 25.6. The van der Waals surface area contributed by atoms with Crippen LogP contribution in [-0.2, 0) is 59.0 Å². The van der Waals surface area contributed by atoms with Crippen molar-refractivity contribution in [2.45, 2.75) is 150 Å². The SMILES string of the molecule is CC(=N[S@@](=O)C(C)(C)C)c1ccc(CCC(C)(C)C)c(Cl)c1.COCOCC1CC(C(C(=O)OC)[C@@](C)(C[S@@](=O)C(C)(C)C)c2ccc(CCC(C)(C)C)c(Cl)c2)C1. The Morgan fingerprint density at radius 1 is 0.793 bits per heavy atom. The van der Waals surface area contributed by atoms with Gasteiger partial charge in [-0.05, 0) is 144 Å². The fraction of sp³-hybridized carbons (Fsp3) is 0.702. The first kappa shape index (κ1) is 52.5. The minimum atomic E-state index is -1.25. The van der Waals surface area contributed by atoms with Crippen molar-refractivity contribution in [1.82, 2.24) is 0 Å². The zero-order valence-corrected chi connectivity index (χ0v) is 41.7. The van der Waals surface area contributed by atoms with Crippen molar-refractivity contribution in [3.05, 3.63) is 68.7 Å². The van der Waals surface area contributed by atoms with Gasteiger partial charge in [0, 0.05) is 43.9 Å². The third-order valence-electron chi connectivity index (χ3n) is 10.8. The van der Waals surface area contributed by atoms with E-state index in [0.717, 1.165) is 71.5 Å². The molecule has 0 N–H and O–H groups in total. The smallest absolute Gasteiger partial charge is 0.309 e. The molecule has 0 saturated heterocycles. The Morgan fingerprint density at radius 3 is 1.74 bits per heavy atom. The van der Waals surface area contributed by atoms with Crippen LogP contribution in [0.25, 0.3) is 0 Å². The van der Waals surface area contributed by atoms with E-state index in [0.29, 0.717) is 28.7 Å². The summed E-state index contributed by atoms with van der Waals surface area (Å²) in [5, 5.41) is 1.46. The van der Waals surface area contributed by atoms with E-state index in [-0.39, 0.29) is 28.8 Å². The molecule has 0 radical (unpaired) electrons. The van der Waals surface area contributed by atoms with Crippen LogP contribution in [-0.4, -0.2) is 63.0 Å². The van der Waals surface area contributed by atoms with E-state index in [2.05, 4.69) is 71.1 Å². The lowest BCUT2D eigenvalue weighted by Crippen LogP contribution is -2.51. The van der Waals surface area contributed by atoms with Gasteiger partial charge in [0.2, 0.25) is 0 Å².